The third kappa shape index (κ3) is 2.47. The van der Waals surface area contributed by atoms with E-state index < -0.39 is 17.7 Å². The van der Waals surface area contributed by atoms with Gasteiger partial charge in [0, 0.05) is 11.6 Å². The number of halogens is 3. The lowest BCUT2D eigenvalue weighted by Gasteiger charge is -2.13. The van der Waals surface area contributed by atoms with Crippen molar-refractivity contribution in [2.45, 2.75) is 6.04 Å². The van der Waals surface area contributed by atoms with Gasteiger partial charge in [0.1, 0.15) is 17.5 Å². The highest BCUT2D eigenvalue weighted by Crippen LogP contribution is 2.22. The summed E-state index contributed by atoms with van der Waals surface area (Å²) < 4.78 is 38.9. The zero-order chi connectivity index (χ0) is 12.4. The van der Waals surface area contributed by atoms with E-state index in [1.54, 1.807) is 0 Å². The Hall–Kier alpha value is -1.81. The van der Waals surface area contributed by atoms with E-state index in [4.69, 9.17) is 5.73 Å². The van der Waals surface area contributed by atoms with Crippen molar-refractivity contribution in [2.75, 3.05) is 0 Å². The molecule has 0 amide bonds. The van der Waals surface area contributed by atoms with Crippen molar-refractivity contribution < 1.29 is 13.2 Å². The van der Waals surface area contributed by atoms with Crippen molar-refractivity contribution in [2.24, 2.45) is 5.73 Å². The van der Waals surface area contributed by atoms with Crippen LogP contribution in [0.4, 0.5) is 13.2 Å². The van der Waals surface area contributed by atoms with E-state index in [1.165, 1.54) is 30.3 Å². The summed E-state index contributed by atoms with van der Waals surface area (Å²) >= 11 is 0. The Morgan fingerprint density at radius 3 is 2.00 bits per heavy atom. The third-order valence-corrected chi connectivity index (χ3v) is 2.53. The molecule has 1 atom stereocenters. The minimum absolute atomic E-state index is 0.179. The maximum atomic E-state index is 13.5. The lowest BCUT2D eigenvalue weighted by molar-refractivity contribution is 0.565. The maximum absolute atomic E-state index is 13.5. The molecule has 2 aromatic carbocycles. The molecule has 0 aromatic heterocycles. The van der Waals surface area contributed by atoms with Crippen molar-refractivity contribution >= 4 is 0 Å². The average molecular weight is 237 g/mol. The van der Waals surface area contributed by atoms with E-state index in [0.717, 1.165) is 12.1 Å². The van der Waals surface area contributed by atoms with Crippen LogP contribution in [0.3, 0.4) is 0 Å². The predicted molar refractivity (Wildman–Crippen MR) is 58.8 cm³/mol. The summed E-state index contributed by atoms with van der Waals surface area (Å²) in [7, 11) is 0. The largest absolute Gasteiger partial charge is 0.320 e. The summed E-state index contributed by atoms with van der Waals surface area (Å²) in [6.45, 7) is 0. The molecule has 0 aliphatic heterocycles. The van der Waals surface area contributed by atoms with Crippen LogP contribution in [0.1, 0.15) is 17.2 Å². The Balaban J connectivity index is 2.36. The van der Waals surface area contributed by atoms with E-state index in [0.29, 0.717) is 5.56 Å². The Morgan fingerprint density at radius 2 is 1.41 bits per heavy atom. The molecule has 0 radical (unpaired) electrons. The molecule has 1 unspecified atom stereocenters. The van der Waals surface area contributed by atoms with E-state index in [-0.39, 0.29) is 11.4 Å². The van der Waals surface area contributed by atoms with Gasteiger partial charge in [-0.05, 0) is 23.8 Å². The fourth-order valence-corrected chi connectivity index (χ4v) is 1.60. The third-order valence-electron chi connectivity index (χ3n) is 2.53. The molecule has 0 saturated carbocycles. The number of benzene rings is 2. The molecule has 0 aliphatic carbocycles. The zero-order valence-corrected chi connectivity index (χ0v) is 8.83. The van der Waals surface area contributed by atoms with E-state index in [9.17, 15) is 13.2 Å². The molecule has 0 heterocycles. The molecule has 4 heteroatoms. The highest BCUT2D eigenvalue weighted by atomic mass is 19.1. The Morgan fingerprint density at radius 1 is 0.824 bits per heavy atom. The summed E-state index contributed by atoms with van der Waals surface area (Å²) in [6.07, 6.45) is 0. The zero-order valence-electron chi connectivity index (χ0n) is 8.83. The van der Waals surface area contributed by atoms with Crippen LogP contribution in [0.2, 0.25) is 0 Å². The van der Waals surface area contributed by atoms with Gasteiger partial charge < -0.3 is 5.73 Å². The first-order valence-corrected chi connectivity index (χ1v) is 5.04. The van der Waals surface area contributed by atoms with Crippen LogP contribution in [0, 0.1) is 17.5 Å². The lowest BCUT2D eigenvalue weighted by atomic mass is 9.99. The summed E-state index contributed by atoms with van der Waals surface area (Å²) in [5.74, 6) is -1.75. The Bertz CT molecular complexity index is 523. The SMILES string of the molecule is NC(c1ccc(F)cc1)c1ccc(F)cc1F. The molecular formula is C13H10F3N. The molecule has 88 valence electrons. The topological polar surface area (TPSA) is 26.0 Å². The van der Waals surface area contributed by atoms with Crippen molar-refractivity contribution in [3.8, 4) is 0 Å². The van der Waals surface area contributed by atoms with E-state index in [1.807, 2.05) is 0 Å². The molecule has 1 nitrogen and oxygen atoms in total. The van der Waals surface area contributed by atoms with Gasteiger partial charge in [0.15, 0.2) is 0 Å². The molecule has 2 N–H and O–H groups in total. The second-order valence-electron chi connectivity index (χ2n) is 3.70. The van der Waals surface area contributed by atoms with Crippen molar-refractivity contribution in [3.05, 3.63) is 71.0 Å². The van der Waals surface area contributed by atoms with Crippen LogP contribution >= 0.6 is 0 Å². The van der Waals surface area contributed by atoms with Crippen molar-refractivity contribution in [1.82, 2.24) is 0 Å². The van der Waals surface area contributed by atoms with Gasteiger partial charge in [-0.3, -0.25) is 0 Å². The standard InChI is InChI=1S/C13H10F3N/c14-9-3-1-8(2-4-9)13(17)11-6-5-10(15)7-12(11)16/h1-7,13H,17H2. The smallest absolute Gasteiger partial charge is 0.131 e. The second-order valence-corrected chi connectivity index (χ2v) is 3.70. The van der Waals surface area contributed by atoms with Gasteiger partial charge in [0.2, 0.25) is 0 Å². The van der Waals surface area contributed by atoms with Crippen LogP contribution in [0.25, 0.3) is 0 Å². The van der Waals surface area contributed by atoms with Crippen molar-refractivity contribution in [3.63, 3.8) is 0 Å². The lowest BCUT2D eigenvalue weighted by Crippen LogP contribution is -2.13. The van der Waals surface area contributed by atoms with Gasteiger partial charge in [-0.15, -0.1) is 0 Å². The fraction of sp³-hybridized carbons (Fsp3) is 0.0769. The second kappa shape index (κ2) is 4.59. The van der Waals surface area contributed by atoms with Crippen LogP contribution in [-0.2, 0) is 0 Å². The minimum atomic E-state index is -0.740. The summed E-state index contributed by atoms with van der Waals surface area (Å²) in [4.78, 5) is 0. The Labute approximate surface area is 96.7 Å². The monoisotopic (exact) mass is 237 g/mol. The van der Waals surface area contributed by atoms with Crippen LogP contribution in [-0.4, -0.2) is 0 Å². The number of hydrogen-bond donors (Lipinski definition) is 1. The van der Waals surface area contributed by atoms with E-state index >= 15 is 0 Å². The van der Waals surface area contributed by atoms with Gasteiger partial charge >= 0.3 is 0 Å². The number of hydrogen-bond acceptors (Lipinski definition) is 1. The first kappa shape index (κ1) is 11.7. The van der Waals surface area contributed by atoms with Crippen LogP contribution < -0.4 is 5.73 Å². The normalized spacial score (nSPS) is 12.5. The van der Waals surface area contributed by atoms with Crippen molar-refractivity contribution in [1.29, 1.82) is 0 Å². The first-order valence-electron chi connectivity index (χ1n) is 5.04. The van der Waals surface area contributed by atoms with Crippen LogP contribution in [0.5, 0.6) is 0 Å². The van der Waals surface area contributed by atoms with E-state index in [2.05, 4.69) is 0 Å². The fourth-order valence-electron chi connectivity index (χ4n) is 1.60. The molecule has 0 bridgehead atoms. The molecule has 2 rings (SSSR count). The molecule has 2 aromatic rings. The highest BCUT2D eigenvalue weighted by Gasteiger charge is 2.14. The Kier molecular flexibility index (Phi) is 3.15. The summed E-state index contributed by atoms with van der Waals surface area (Å²) in [5, 5.41) is 0. The molecular weight excluding hydrogens is 227 g/mol. The molecule has 0 aliphatic rings. The number of nitrogens with two attached hydrogens (primary N) is 1. The molecule has 0 spiro atoms. The summed E-state index contributed by atoms with van der Waals surface area (Å²) in [6, 6.07) is 7.91. The van der Waals surface area contributed by atoms with Crippen LogP contribution in [0.15, 0.2) is 42.5 Å². The quantitative estimate of drug-likeness (QED) is 0.853. The molecule has 0 fully saturated rings. The molecule has 17 heavy (non-hydrogen) atoms. The van der Waals surface area contributed by atoms with Gasteiger partial charge in [-0.1, -0.05) is 18.2 Å². The molecule has 0 saturated heterocycles. The predicted octanol–water partition coefficient (Wildman–Crippen LogP) is 3.15. The average Bonchev–Trinajstić information content (AvgIpc) is 2.29. The number of rotatable bonds is 2. The first-order chi connectivity index (χ1) is 8.08. The van der Waals surface area contributed by atoms with Gasteiger partial charge in [0.05, 0.1) is 6.04 Å². The van der Waals surface area contributed by atoms with Gasteiger partial charge in [0.25, 0.3) is 0 Å². The minimum Gasteiger partial charge on any atom is -0.320 e. The van der Waals surface area contributed by atoms with Gasteiger partial charge in [-0.25, -0.2) is 13.2 Å². The van der Waals surface area contributed by atoms with Gasteiger partial charge in [-0.2, -0.15) is 0 Å². The highest BCUT2D eigenvalue weighted by molar-refractivity contribution is 5.32. The maximum Gasteiger partial charge on any atom is 0.131 e. The summed E-state index contributed by atoms with van der Waals surface area (Å²) in [5.41, 5.74) is 6.58.